The summed E-state index contributed by atoms with van der Waals surface area (Å²) in [6, 6.07) is 9.88. The van der Waals surface area contributed by atoms with Gasteiger partial charge in [0.05, 0.1) is 24.2 Å². The van der Waals surface area contributed by atoms with Crippen molar-refractivity contribution in [2.75, 3.05) is 31.9 Å². The number of carbonyl (C=O) groups excluding carboxylic acids is 1. The number of hydrogen-bond donors (Lipinski definition) is 2. The number of sulfonamides is 1. The van der Waals surface area contributed by atoms with Crippen molar-refractivity contribution in [2.24, 2.45) is 0 Å². The van der Waals surface area contributed by atoms with Crippen LogP contribution in [-0.4, -0.2) is 67.0 Å². The van der Waals surface area contributed by atoms with Crippen LogP contribution in [0.15, 0.2) is 42.7 Å². The van der Waals surface area contributed by atoms with E-state index in [1.54, 1.807) is 0 Å². The molecule has 1 aromatic carbocycles. The first-order valence-corrected chi connectivity index (χ1v) is 12.2. The summed E-state index contributed by atoms with van der Waals surface area (Å²) in [6.45, 7) is 4.20. The molecule has 0 saturated carbocycles. The maximum Gasteiger partial charge on any atom is 0.234 e. The van der Waals surface area contributed by atoms with Crippen LogP contribution in [0, 0.1) is 0 Å². The highest BCUT2D eigenvalue weighted by atomic mass is 32.2. The Bertz CT molecular complexity index is 906. The molecule has 1 saturated heterocycles. The maximum atomic E-state index is 12.2. The van der Waals surface area contributed by atoms with Gasteiger partial charge in [0.15, 0.2) is 0 Å². The van der Waals surface area contributed by atoms with E-state index in [-0.39, 0.29) is 17.7 Å². The monoisotopic (exact) mass is 433 g/mol. The van der Waals surface area contributed by atoms with Gasteiger partial charge in [-0.3, -0.25) is 9.69 Å². The highest BCUT2D eigenvalue weighted by Gasteiger charge is 2.24. The minimum atomic E-state index is -3.18. The van der Waals surface area contributed by atoms with Gasteiger partial charge >= 0.3 is 0 Å². The van der Waals surface area contributed by atoms with E-state index in [1.807, 2.05) is 54.3 Å². The number of hydrogen-bond acceptors (Lipinski definition) is 5. The summed E-state index contributed by atoms with van der Waals surface area (Å²) in [7, 11) is -3.18. The maximum absolute atomic E-state index is 12.2. The van der Waals surface area contributed by atoms with Gasteiger partial charge in [-0.1, -0.05) is 25.1 Å². The van der Waals surface area contributed by atoms with Gasteiger partial charge in [-0.05, 0) is 43.4 Å². The minimum absolute atomic E-state index is 0.00420. The Morgan fingerprint density at radius 1 is 1.20 bits per heavy atom. The lowest BCUT2D eigenvalue weighted by atomic mass is 10.1. The zero-order chi connectivity index (χ0) is 21.4. The molecule has 2 N–H and O–H groups in total. The Hall–Kier alpha value is -2.23. The summed E-state index contributed by atoms with van der Waals surface area (Å²) in [5.41, 5.74) is 2.08. The average molecular weight is 434 g/mol. The molecular formula is C21H31N5O3S. The molecule has 2 aromatic rings. The SMILES string of the molecule is CCCS(=O)(=O)NC1CCN(CC(=O)NCCc2cnn(-c3ccccc3)c2)CC1. The topological polar surface area (TPSA) is 96.3 Å². The smallest absolute Gasteiger partial charge is 0.234 e. The Labute approximate surface area is 178 Å². The number of nitrogens with one attached hydrogen (secondary N) is 2. The number of amides is 1. The van der Waals surface area contributed by atoms with Crippen LogP contribution in [0.3, 0.4) is 0 Å². The molecule has 0 spiro atoms. The second-order valence-electron chi connectivity index (χ2n) is 7.72. The molecular weight excluding hydrogens is 402 g/mol. The predicted molar refractivity (Wildman–Crippen MR) is 117 cm³/mol. The van der Waals surface area contributed by atoms with Gasteiger partial charge in [-0.2, -0.15) is 5.10 Å². The fourth-order valence-corrected chi connectivity index (χ4v) is 5.01. The second kappa shape index (κ2) is 10.7. The molecule has 1 aliphatic rings. The lowest BCUT2D eigenvalue weighted by molar-refractivity contribution is -0.122. The van der Waals surface area contributed by atoms with Crippen molar-refractivity contribution >= 4 is 15.9 Å². The van der Waals surface area contributed by atoms with Crippen LogP contribution in [-0.2, 0) is 21.2 Å². The molecule has 0 unspecified atom stereocenters. The van der Waals surface area contributed by atoms with Gasteiger partial charge in [0.25, 0.3) is 0 Å². The van der Waals surface area contributed by atoms with Crippen LogP contribution in [0.4, 0.5) is 0 Å². The fraction of sp³-hybridized carbons (Fsp3) is 0.524. The predicted octanol–water partition coefficient (Wildman–Crippen LogP) is 1.32. The Balaban J connectivity index is 1.34. The van der Waals surface area contributed by atoms with Crippen LogP contribution < -0.4 is 10.0 Å². The second-order valence-corrected chi connectivity index (χ2v) is 9.59. The zero-order valence-electron chi connectivity index (χ0n) is 17.5. The molecule has 2 heterocycles. The van der Waals surface area contributed by atoms with Crippen LogP contribution in [0.25, 0.3) is 5.69 Å². The van der Waals surface area contributed by atoms with Gasteiger partial charge in [0, 0.05) is 31.9 Å². The van der Waals surface area contributed by atoms with E-state index >= 15 is 0 Å². The average Bonchev–Trinajstić information content (AvgIpc) is 3.19. The van der Waals surface area contributed by atoms with Gasteiger partial charge in [0.1, 0.15) is 0 Å². The van der Waals surface area contributed by atoms with Crippen molar-refractivity contribution in [1.29, 1.82) is 0 Å². The van der Waals surface area contributed by atoms with Gasteiger partial charge < -0.3 is 5.32 Å². The number of nitrogens with zero attached hydrogens (tertiary/aromatic N) is 3. The minimum Gasteiger partial charge on any atom is -0.355 e. The van der Waals surface area contributed by atoms with E-state index in [0.29, 0.717) is 19.5 Å². The third-order valence-electron chi connectivity index (χ3n) is 5.17. The molecule has 164 valence electrons. The molecule has 9 heteroatoms. The summed E-state index contributed by atoms with van der Waals surface area (Å²) >= 11 is 0. The molecule has 0 bridgehead atoms. The van der Waals surface area contributed by atoms with Crippen molar-refractivity contribution in [3.8, 4) is 5.69 Å². The third kappa shape index (κ3) is 6.93. The van der Waals surface area contributed by atoms with E-state index in [1.165, 1.54) is 0 Å². The van der Waals surface area contributed by atoms with Crippen LogP contribution in [0.1, 0.15) is 31.7 Å². The summed E-state index contributed by atoms with van der Waals surface area (Å²) in [6.07, 6.45) is 6.60. The van der Waals surface area contributed by atoms with E-state index in [9.17, 15) is 13.2 Å². The van der Waals surface area contributed by atoms with Crippen molar-refractivity contribution in [1.82, 2.24) is 24.7 Å². The molecule has 0 atom stereocenters. The van der Waals surface area contributed by atoms with E-state index in [4.69, 9.17) is 0 Å². The first-order chi connectivity index (χ1) is 14.4. The molecule has 1 fully saturated rings. The normalized spacial score (nSPS) is 15.9. The van der Waals surface area contributed by atoms with Crippen molar-refractivity contribution in [3.63, 3.8) is 0 Å². The molecule has 1 aliphatic heterocycles. The van der Waals surface area contributed by atoms with Gasteiger partial charge in [-0.25, -0.2) is 17.8 Å². The van der Waals surface area contributed by atoms with E-state index in [2.05, 4.69) is 20.0 Å². The lowest BCUT2D eigenvalue weighted by Crippen LogP contribution is -2.47. The molecule has 0 radical (unpaired) electrons. The number of carbonyl (C=O) groups is 1. The Morgan fingerprint density at radius 2 is 1.93 bits per heavy atom. The molecule has 1 aromatic heterocycles. The highest BCUT2D eigenvalue weighted by molar-refractivity contribution is 7.89. The molecule has 1 amide bonds. The summed E-state index contributed by atoms with van der Waals surface area (Å²) in [4.78, 5) is 14.3. The zero-order valence-corrected chi connectivity index (χ0v) is 18.3. The Kier molecular flexibility index (Phi) is 8.01. The van der Waals surface area contributed by atoms with Crippen LogP contribution in [0.5, 0.6) is 0 Å². The molecule has 8 nitrogen and oxygen atoms in total. The number of piperidine rings is 1. The highest BCUT2D eigenvalue weighted by Crippen LogP contribution is 2.11. The van der Waals surface area contributed by atoms with Crippen LogP contribution >= 0.6 is 0 Å². The van der Waals surface area contributed by atoms with Gasteiger partial charge in [-0.15, -0.1) is 0 Å². The van der Waals surface area contributed by atoms with Crippen LogP contribution in [0.2, 0.25) is 0 Å². The number of rotatable bonds is 10. The molecule has 3 rings (SSSR count). The van der Waals surface area contributed by atoms with E-state index in [0.717, 1.165) is 43.6 Å². The summed E-state index contributed by atoms with van der Waals surface area (Å²) < 4.78 is 28.4. The number of likely N-dealkylation sites (tertiary alicyclic amines) is 1. The summed E-state index contributed by atoms with van der Waals surface area (Å²) in [5.74, 6) is 0.162. The quantitative estimate of drug-likeness (QED) is 0.589. The number of benzene rings is 1. The Morgan fingerprint density at radius 3 is 2.63 bits per heavy atom. The van der Waals surface area contributed by atoms with E-state index < -0.39 is 10.0 Å². The van der Waals surface area contributed by atoms with Crippen molar-refractivity contribution in [3.05, 3.63) is 48.3 Å². The molecule has 30 heavy (non-hydrogen) atoms. The van der Waals surface area contributed by atoms with Crippen molar-refractivity contribution < 1.29 is 13.2 Å². The van der Waals surface area contributed by atoms with Gasteiger partial charge in [0.2, 0.25) is 15.9 Å². The fourth-order valence-electron chi connectivity index (χ4n) is 3.61. The first kappa shape index (κ1) is 22.5. The molecule has 0 aliphatic carbocycles. The standard InChI is InChI=1S/C21H31N5O3S/c1-2-14-30(28,29)24-19-9-12-25(13-10-19)17-21(27)22-11-8-18-15-23-26(16-18)20-6-4-3-5-7-20/h3-7,15-16,19,24H,2,8-14,17H2,1H3,(H,22,27). The largest absolute Gasteiger partial charge is 0.355 e. The third-order valence-corrected chi connectivity index (χ3v) is 6.80. The van der Waals surface area contributed by atoms with Crippen molar-refractivity contribution in [2.45, 2.75) is 38.6 Å². The summed E-state index contributed by atoms with van der Waals surface area (Å²) in [5, 5.41) is 7.33. The number of para-hydroxylation sites is 1. The number of aromatic nitrogens is 2. The lowest BCUT2D eigenvalue weighted by Gasteiger charge is -2.31. The first-order valence-electron chi connectivity index (χ1n) is 10.5.